The third-order valence-corrected chi connectivity index (χ3v) is 7.93. The van der Waals surface area contributed by atoms with Crippen LogP contribution in [0, 0.1) is 0 Å². The van der Waals surface area contributed by atoms with E-state index in [0.29, 0.717) is 42.8 Å². The van der Waals surface area contributed by atoms with Crippen LogP contribution >= 0.6 is 0 Å². The third-order valence-electron chi connectivity index (χ3n) is 7.93. The molecule has 226 valence electrons. The summed E-state index contributed by atoms with van der Waals surface area (Å²) in [7, 11) is 1.41. The molecule has 0 saturated carbocycles. The second-order valence-electron chi connectivity index (χ2n) is 10.9. The van der Waals surface area contributed by atoms with Crippen molar-refractivity contribution in [3.05, 3.63) is 139 Å². The number of aryl methyl sites for hydroxylation is 4. The van der Waals surface area contributed by atoms with Gasteiger partial charge in [-0.2, -0.15) is 0 Å². The van der Waals surface area contributed by atoms with Gasteiger partial charge in [-0.1, -0.05) is 60.7 Å². The molecule has 3 aromatic carbocycles. The molecule has 0 bridgehead atoms. The van der Waals surface area contributed by atoms with Crippen LogP contribution in [0.3, 0.4) is 0 Å². The fourth-order valence-electron chi connectivity index (χ4n) is 5.56. The summed E-state index contributed by atoms with van der Waals surface area (Å²) in [6.07, 6.45) is -4.29. The molecule has 0 aliphatic heterocycles. The van der Waals surface area contributed by atoms with E-state index >= 15 is 0 Å². The number of hydrogen-bond donors (Lipinski definition) is 3. The summed E-state index contributed by atoms with van der Waals surface area (Å²) in [5, 5.41) is 32.5. The predicted molar refractivity (Wildman–Crippen MR) is 162 cm³/mol. The van der Waals surface area contributed by atoms with Gasteiger partial charge in [0, 0.05) is 31.0 Å². The molecule has 9 nitrogen and oxygen atoms in total. The van der Waals surface area contributed by atoms with Crippen LogP contribution in [0.4, 0.5) is 0 Å². The zero-order valence-corrected chi connectivity index (χ0v) is 24.0. The molecular weight excluding hydrogens is 564 g/mol. The molecule has 0 spiro atoms. The lowest BCUT2D eigenvalue weighted by molar-refractivity contribution is -0.121. The molecule has 0 fully saturated rings. The maximum absolute atomic E-state index is 13.2. The Morgan fingerprint density at radius 1 is 0.682 bits per heavy atom. The highest BCUT2D eigenvalue weighted by Crippen LogP contribution is 2.41. The fraction of sp³-hybridized carbons (Fsp3) is 0.257. The van der Waals surface area contributed by atoms with E-state index in [4.69, 9.17) is 18.3 Å². The standard InChI is InChI=1S/C35H32O9/c1-41-28-19-27-24(25(36)16-22(42-27)14-12-20-8-4-2-5-9-20)18-29(28)44-35-33(40)32(39)31(38)30-26(37)17-23(43-34(30)35)15-13-21-10-6-3-7-11-21/h2-11,16-19,31-33,35,38-40H,12-15H2,1H3. The molecule has 1 aliphatic carbocycles. The van der Waals surface area contributed by atoms with E-state index in [0.717, 1.165) is 11.1 Å². The first kappa shape index (κ1) is 29.4. The number of ether oxygens (including phenoxy) is 2. The normalized spacial score (nSPS) is 19.5. The van der Waals surface area contributed by atoms with E-state index in [1.807, 2.05) is 60.7 Å². The van der Waals surface area contributed by atoms with Crippen LogP contribution in [0.1, 0.15) is 46.2 Å². The monoisotopic (exact) mass is 596 g/mol. The van der Waals surface area contributed by atoms with Crippen molar-refractivity contribution < 1.29 is 33.6 Å². The Labute approximate surface area is 252 Å². The van der Waals surface area contributed by atoms with Gasteiger partial charge in [0.05, 0.1) is 18.1 Å². The first-order valence-electron chi connectivity index (χ1n) is 14.4. The largest absolute Gasteiger partial charge is 0.493 e. The van der Waals surface area contributed by atoms with Crippen molar-refractivity contribution in [2.45, 2.75) is 50.1 Å². The Kier molecular flexibility index (Phi) is 8.34. The van der Waals surface area contributed by atoms with Crippen LogP contribution in [0.5, 0.6) is 11.5 Å². The van der Waals surface area contributed by atoms with Crippen LogP contribution in [0.15, 0.2) is 103 Å². The highest BCUT2D eigenvalue weighted by atomic mass is 16.5. The Morgan fingerprint density at radius 2 is 1.27 bits per heavy atom. The van der Waals surface area contributed by atoms with Crippen LogP contribution in [0.25, 0.3) is 11.0 Å². The first-order valence-corrected chi connectivity index (χ1v) is 14.4. The number of benzene rings is 3. The highest BCUT2D eigenvalue weighted by molar-refractivity contribution is 5.81. The quantitative estimate of drug-likeness (QED) is 0.228. The molecule has 5 aromatic rings. The van der Waals surface area contributed by atoms with E-state index < -0.39 is 29.8 Å². The molecule has 0 saturated heterocycles. The topological polar surface area (TPSA) is 140 Å². The lowest BCUT2D eigenvalue weighted by atomic mass is 9.87. The fourth-order valence-corrected chi connectivity index (χ4v) is 5.56. The Morgan fingerprint density at radius 3 is 1.89 bits per heavy atom. The Balaban J connectivity index is 1.33. The van der Waals surface area contributed by atoms with Crippen molar-refractivity contribution in [1.29, 1.82) is 0 Å². The van der Waals surface area contributed by atoms with Crippen LogP contribution < -0.4 is 20.3 Å². The molecular formula is C35H32O9. The van der Waals surface area contributed by atoms with Crippen molar-refractivity contribution in [1.82, 2.24) is 0 Å². The van der Waals surface area contributed by atoms with E-state index in [1.54, 1.807) is 0 Å². The summed E-state index contributed by atoms with van der Waals surface area (Å²) in [6, 6.07) is 25.2. The van der Waals surface area contributed by atoms with Gasteiger partial charge in [0.1, 0.15) is 35.4 Å². The van der Waals surface area contributed by atoms with Gasteiger partial charge in [-0.3, -0.25) is 9.59 Å². The van der Waals surface area contributed by atoms with E-state index in [1.165, 1.54) is 31.4 Å². The average molecular weight is 597 g/mol. The average Bonchev–Trinajstić information content (AvgIpc) is 3.04. The number of aliphatic hydroxyl groups is 3. The van der Waals surface area contributed by atoms with Crippen molar-refractivity contribution >= 4 is 11.0 Å². The number of methoxy groups -OCH3 is 1. The summed E-state index contributed by atoms with van der Waals surface area (Å²) in [4.78, 5) is 26.3. The molecule has 0 radical (unpaired) electrons. The SMILES string of the molecule is COc1cc2oc(CCc3ccccc3)cc(=O)c2cc1OC1c2oc(CCc3ccccc3)cc(=O)c2C(O)C(O)C1O. The molecule has 9 heteroatoms. The number of rotatable bonds is 9. The molecule has 4 atom stereocenters. The summed E-state index contributed by atoms with van der Waals surface area (Å²) < 4.78 is 23.8. The molecule has 4 unspecified atom stereocenters. The van der Waals surface area contributed by atoms with Crippen LogP contribution in [0.2, 0.25) is 0 Å². The minimum absolute atomic E-state index is 0.0558. The van der Waals surface area contributed by atoms with Gasteiger partial charge < -0.3 is 33.6 Å². The van der Waals surface area contributed by atoms with Crippen molar-refractivity contribution in [3.63, 3.8) is 0 Å². The second kappa shape index (κ2) is 12.5. The molecule has 2 heterocycles. The summed E-state index contributed by atoms with van der Waals surface area (Å²) in [6.45, 7) is 0. The summed E-state index contributed by atoms with van der Waals surface area (Å²) >= 11 is 0. The van der Waals surface area contributed by atoms with Crippen molar-refractivity contribution in [3.8, 4) is 11.5 Å². The number of hydrogen-bond acceptors (Lipinski definition) is 9. The molecule has 0 amide bonds. The molecule has 44 heavy (non-hydrogen) atoms. The Bertz CT molecular complexity index is 1880. The van der Waals surface area contributed by atoms with Crippen LogP contribution in [-0.2, 0) is 25.7 Å². The lowest BCUT2D eigenvalue weighted by Crippen LogP contribution is -2.46. The molecule has 6 rings (SSSR count). The predicted octanol–water partition coefficient (Wildman–Crippen LogP) is 4.21. The van der Waals surface area contributed by atoms with Crippen LogP contribution in [-0.4, -0.2) is 34.6 Å². The second-order valence-corrected chi connectivity index (χ2v) is 10.9. The van der Waals surface area contributed by atoms with Gasteiger partial charge in [0.25, 0.3) is 0 Å². The van der Waals surface area contributed by atoms with Crippen molar-refractivity contribution in [2.75, 3.05) is 7.11 Å². The molecule has 2 aromatic heterocycles. The van der Waals surface area contributed by atoms with Gasteiger partial charge in [-0.25, -0.2) is 0 Å². The number of fused-ring (bicyclic) bond motifs is 2. The smallest absolute Gasteiger partial charge is 0.193 e. The van der Waals surface area contributed by atoms with Crippen molar-refractivity contribution in [2.24, 2.45) is 0 Å². The van der Waals surface area contributed by atoms with E-state index in [-0.39, 0.29) is 33.6 Å². The maximum atomic E-state index is 13.2. The summed E-state index contributed by atoms with van der Waals surface area (Å²) in [5.41, 5.74) is 1.41. The minimum Gasteiger partial charge on any atom is -0.493 e. The number of aliphatic hydroxyl groups excluding tert-OH is 3. The van der Waals surface area contributed by atoms with Gasteiger partial charge in [-0.15, -0.1) is 0 Å². The highest BCUT2D eigenvalue weighted by Gasteiger charge is 2.46. The van der Waals surface area contributed by atoms with Gasteiger partial charge in [0.15, 0.2) is 34.2 Å². The zero-order valence-electron chi connectivity index (χ0n) is 24.0. The first-order chi connectivity index (χ1) is 21.3. The van der Waals surface area contributed by atoms with Gasteiger partial charge in [-0.05, 0) is 30.0 Å². The summed E-state index contributed by atoms with van der Waals surface area (Å²) in [5.74, 6) is 0.992. The van der Waals surface area contributed by atoms with Gasteiger partial charge in [0.2, 0.25) is 0 Å². The third kappa shape index (κ3) is 5.90. The molecule has 1 aliphatic rings. The van der Waals surface area contributed by atoms with E-state index in [9.17, 15) is 24.9 Å². The van der Waals surface area contributed by atoms with E-state index in [2.05, 4.69) is 0 Å². The Hall–Kier alpha value is -4.70. The zero-order chi connectivity index (χ0) is 30.8. The maximum Gasteiger partial charge on any atom is 0.193 e. The molecule has 3 N–H and O–H groups in total. The van der Waals surface area contributed by atoms with Gasteiger partial charge >= 0.3 is 0 Å². The minimum atomic E-state index is -1.73. The lowest BCUT2D eigenvalue weighted by Gasteiger charge is -2.35.